The summed E-state index contributed by atoms with van der Waals surface area (Å²) < 4.78 is 0. The van der Waals surface area contributed by atoms with Crippen LogP contribution in [0.25, 0.3) is 0 Å². The molecule has 0 spiro atoms. The Hall–Kier alpha value is -1.26. The van der Waals surface area contributed by atoms with E-state index in [1.165, 1.54) is 19.8 Å². The highest BCUT2D eigenvalue weighted by atomic mass is 16.2. The fraction of sp³-hybridized carbons (Fsp3) is 0.846. The van der Waals surface area contributed by atoms with Crippen LogP contribution < -0.4 is 16.0 Å². The van der Waals surface area contributed by atoms with Gasteiger partial charge in [-0.25, -0.2) is 4.79 Å². The molecule has 0 aromatic rings. The van der Waals surface area contributed by atoms with E-state index in [1.54, 1.807) is 0 Å². The summed E-state index contributed by atoms with van der Waals surface area (Å²) in [6, 6.07) is 0.140. The van der Waals surface area contributed by atoms with E-state index >= 15 is 0 Å². The van der Waals surface area contributed by atoms with Gasteiger partial charge < -0.3 is 16.0 Å². The topological polar surface area (TPSA) is 70.2 Å². The molecular weight excluding hydrogens is 230 g/mol. The van der Waals surface area contributed by atoms with Crippen molar-refractivity contribution in [2.75, 3.05) is 13.1 Å². The molecule has 1 fully saturated rings. The normalized spacial score (nSPS) is 27.4. The van der Waals surface area contributed by atoms with Crippen LogP contribution >= 0.6 is 0 Å². The minimum absolute atomic E-state index is 0.0769. The molecule has 3 N–H and O–H groups in total. The molecule has 0 aromatic carbocycles. The first kappa shape index (κ1) is 14.8. The van der Waals surface area contributed by atoms with E-state index in [2.05, 4.69) is 29.8 Å². The molecule has 1 aliphatic carbocycles. The van der Waals surface area contributed by atoms with Gasteiger partial charge in [0.2, 0.25) is 5.91 Å². The highest BCUT2D eigenvalue weighted by Gasteiger charge is 2.27. The lowest BCUT2D eigenvalue weighted by atomic mass is 9.78. The highest BCUT2D eigenvalue weighted by molar-refractivity contribution is 5.74. The van der Waals surface area contributed by atoms with Crippen molar-refractivity contribution in [2.45, 2.75) is 46.1 Å². The van der Waals surface area contributed by atoms with Crippen molar-refractivity contribution in [1.82, 2.24) is 16.0 Å². The Bertz CT molecular complexity index is 294. The van der Waals surface area contributed by atoms with Crippen LogP contribution in [-0.4, -0.2) is 31.1 Å². The van der Waals surface area contributed by atoms with Gasteiger partial charge in [0.25, 0.3) is 0 Å². The molecule has 0 bridgehead atoms. The van der Waals surface area contributed by atoms with E-state index in [1.807, 2.05) is 0 Å². The van der Waals surface area contributed by atoms with E-state index in [0.717, 1.165) is 6.42 Å². The molecule has 1 saturated carbocycles. The van der Waals surface area contributed by atoms with Crippen LogP contribution in [0.5, 0.6) is 0 Å². The summed E-state index contributed by atoms with van der Waals surface area (Å²) in [5.41, 5.74) is 0. The predicted octanol–water partition coefficient (Wildman–Crippen LogP) is 1.25. The Labute approximate surface area is 109 Å². The molecule has 5 nitrogen and oxygen atoms in total. The first-order chi connectivity index (χ1) is 8.50. The van der Waals surface area contributed by atoms with Gasteiger partial charge in [0, 0.05) is 26.1 Å². The predicted molar refractivity (Wildman–Crippen MR) is 71.2 cm³/mol. The van der Waals surface area contributed by atoms with Crippen molar-refractivity contribution in [2.24, 2.45) is 11.8 Å². The standard InChI is InChI=1S/C13H25N3O2/c1-9-5-4-6-12(10(9)2)16-13(18)15-8-7-14-11(3)17/h9-10,12H,4-8H2,1-3H3,(H,14,17)(H2,15,16,18)/t9-,10+,12-/m1/s1. The summed E-state index contributed by atoms with van der Waals surface area (Å²) in [4.78, 5) is 22.3. The number of rotatable bonds is 4. The number of hydrogen-bond acceptors (Lipinski definition) is 2. The number of amides is 3. The maximum atomic E-state index is 11.7. The Morgan fingerprint density at radius 1 is 1.11 bits per heavy atom. The van der Waals surface area contributed by atoms with Gasteiger partial charge in [0.15, 0.2) is 0 Å². The summed E-state index contributed by atoms with van der Waals surface area (Å²) in [7, 11) is 0. The Morgan fingerprint density at radius 3 is 2.44 bits per heavy atom. The molecule has 1 rings (SSSR count). The van der Waals surface area contributed by atoms with Gasteiger partial charge in [-0.1, -0.05) is 26.7 Å². The summed E-state index contributed by atoms with van der Waals surface area (Å²) >= 11 is 0. The fourth-order valence-corrected chi connectivity index (χ4v) is 2.42. The van der Waals surface area contributed by atoms with Crippen LogP contribution in [0, 0.1) is 11.8 Å². The zero-order valence-electron chi connectivity index (χ0n) is 11.6. The monoisotopic (exact) mass is 255 g/mol. The van der Waals surface area contributed by atoms with Gasteiger partial charge in [0.1, 0.15) is 0 Å². The third kappa shape index (κ3) is 4.94. The van der Waals surface area contributed by atoms with Crippen LogP contribution in [-0.2, 0) is 4.79 Å². The van der Waals surface area contributed by atoms with Gasteiger partial charge >= 0.3 is 6.03 Å². The Kier molecular flexibility index (Phi) is 5.95. The molecule has 0 saturated heterocycles. The maximum absolute atomic E-state index is 11.7. The minimum Gasteiger partial charge on any atom is -0.355 e. The Balaban J connectivity index is 2.20. The number of nitrogens with one attached hydrogen (secondary N) is 3. The van der Waals surface area contributed by atoms with Gasteiger partial charge in [-0.2, -0.15) is 0 Å². The van der Waals surface area contributed by atoms with Crippen LogP contribution in [0.2, 0.25) is 0 Å². The molecule has 0 aromatic heterocycles. The van der Waals surface area contributed by atoms with Gasteiger partial charge in [-0.05, 0) is 18.3 Å². The summed E-state index contributed by atoms with van der Waals surface area (Å²) in [5, 5.41) is 8.42. The number of hydrogen-bond donors (Lipinski definition) is 3. The van der Waals surface area contributed by atoms with Crippen molar-refractivity contribution < 1.29 is 9.59 Å². The molecule has 0 unspecified atom stereocenters. The van der Waals surface area contributed by atoms with Crippen molar-refractivity contribution in [1.29, 1.82) is 0 Å². The van der Waals surface area contributed by atoms with Crippen LogP contribution in [0.4, 0.5) is 4.79 Å². The molecule has 1 aliphatic rings. The van der Waals surface area contributed by atoms with Crippen molar-refractivity contribution in [3.8, 4) is 0 Å². The lowest BCUT2D eigenvalue weighted by Gasteiger charge is -2.34. The van der Waals surface area contributed by atoms with Crippen molar-refractivity contribution >= 4 is 11.9 Å². The molecule has 104 valence electrons. The number of carbonyl (C=O) groups is 2. The lowest BCUT2D eigenvalue weighted by Crippen LogP contribution is -2.49. The zero-order chi connectivity index (χ0) is 13.5. The highest BCUT2D eigenvalue weighted by Crippen LogP contribution is 2.29. The second-order valence-corrected chi connectivity index (χ2v) is 5.26. The third-order valence-electron chi connectivity index (χ3n) is 3.81. The molecule has 0 heterocycles. The van der Waals surface area contributed by atoms with E-state index in [0.29, 0.717) is 24.9 Å². The van der Waals surface area contributed by atoms with Crippen LogP contribution in [0.3, 0.4) is 0 Å². The second kappa shape index (κ2) is 7.24. The molecular formula is C13H25N3O2. The van der Waals surface area contributed by atoms with Crippen LogP contribution in [0.15, 0.2) is 0 Å². The fourth-order valence-electron chi connectivity index (χ4n) is 2.42. The average molecular weight is 255 g/mol. The number of urea groups is 1. The molecule has 5 heteroatoms. The summed E-state index contributed by atoms with van der Waals surface area (Å²) in [6.07, 6.45) is 3.50. The second-order valence-electron chi connectivity index (χ2n) is 5.26. The van der Waals surface area contributed by atoms with Crippen molar-refractivity contribution in [3.63, 3.8) is 0 Å². The Morgan fingerprint density at radius 2 is 1.78 bits per heavy atom. The van der Waals surface area contributed by atoms with E-state index in [-0.39, 0.29) is 18.0 Å². The van der Waals surface area contributed by atoms with E-state index < -0.39 is 0 Å². The van der Waals surface area contributed by atoms with Gasteiger partial charge in [-0.15, -0.1) is 0 Å². The quantitative estimate of drug-likeness (QED) is 0.662. The zero-order valence-corrected chi connectivity index (χ0v) is 11.6. The lowest BCUT2D eigenvalue weighted by molar-refractivity contribution is -0.118. The molecule has 3 amide bonds. The van der Waals surface area contributed by atoms with Crippen LogP contribution in [0.1, 0.15) is 40.0 Å². The number of carbonyl (C=O) groups excluding carboxylic acids is 2. The summed E-state index contributed by atoms with van der Waals surface area (Å²) in [5.74, 6) is 1.12. The van der Waals surface area contributed by atoms with E-state index in [9.17, 15) is 9.59 Å². The molecule has 3 atom stereocenters. The SMILES string of the molecule is CC(=O)NCCNC(=O)N[C@@H]1CCC[C@@H](C)[C@@H]1C. The largest absolute Gasteiger partial charge is 0.355 e. The maximum Gasteiger partial charge on any atom is 0.315 e. The smallest absolute Gasteiger partial charge is 0.315 e. The minimum atomic E-state index is -0.133. The van der Waals surface area contributed by atoms with E-state index in [4.69, 9.17) is 0 Å². The van der Waals surface area contributed by atoms with Gasteiger partial charge in [-0.3, -0.25) is 4.79 Å². The molecule has 18 heavy (non-hydrogen) atoms. The first-order valence-corrected chi connectivity index (χ1v) is 6.79. The first-order valence-electron chi connectivity index (χ1n) is 6.79. The average Bonchev–Trinajstić information content (AvgIpc) is 2.30. The van der Waals surface area contributed by atoms with Crippen molar-refractivity contribution in [3.05, 3.63) is 0 Å². The molecule has 0 aliphatic heterocycles. The molecule has 0 radical (unpaired) electrons. The third-order valence-corrected chi connectivity index (χ3v) is 3.81. The van der Waals surface area contributed by atoms with Gasteiger partial charge in [0.05, 0.1) is 0 Å². The summed E-state index contributed by atoms with van der Waals surface area (Å²) in [6.45, 7) is 6.84.